The number of nitrogens with one attached hydrogen (secondary N) is 2. The van der Waals surface area contributed by atoms with E-state index in [0.717, 1.165) is 18.9 Å². The summed E-state index contributed by atoms with van der Waals surface area (Å²) in [7, 11) is 0. The van der Waals surface area contributed by atoms with Gasteiger partial charge in [0.25, 0.3) is 11.8 Å². The summed E-state index contributed by atoms with van der Waals surface area (Å²) >= 11 is 11.7. The third-order valence-electron chi connectivity index (χ3n) is 7.71. The van der Waals surface area contributed by atoms with Gasteiger partial charge in [-0.1, -0.05) is 29.6 Å². The van der Waals surface area contributed by atoms with Gasteiger partial charge in [-0.25, -0.2) is 4.39 Å². The molecule has 0 aromatic heterocycles. The molecule has 3 aliphatic rings. The molecule has 4 N–H and O–H groups in total. The van der Waals surface area contributed by atoms with E-state index in [9.17, 15) is 24.2 Å². The van der Waals surface area contributed by atoms with Crippen LogP contribution in [0.4, 0.5) is 4.39 Å². The summed E-state index contributed by atoms with van der Waals surface area (Å²) in [5, 5.41) is 28.0. The Bertz CT molecular complexity index is 1230. The molecule has 2 aromatic rings. The molecule has 2 aromatic carbocycles. The fraction of sp³-hybridized carbons (Fsp3) is 0.481. The van der Waals surface area contributed by atoms with Crippen LogP contribution in [0.2, 0.25) is 10.0 Å². The lowest BCUT2D eigenvalue weighted by Gasteiger charge is -2.51. The largest absolute Gasteiger partial charge is 0.484 e. The minimum Gasteiger partial charge on any atom is -0.484 e. The summed E-state index contributed by atoms with van der Waals surface area (Å²) in [5.41, 5.74) is -0.0821. The van der Waals surface area contributed by atoms with Gasteiger partial charge in [0, 0.05) is 28.6 Å². The number of fused-ring (bicyclic) bond motifs is 3. The highest BCUT2D eigenvalue weighted by Gasteiger charge is 2.50. The van der Waals surface area contributed by atoms with Crippen LogP contribution in [0.5, 0.6) is 11.5 Å². The number of halogens is 3. The second-order valence-corrected chi connectivity index (χ2v) is 11.2. The highest BCUT2D eigenvalue weighted by atomic mass is 35.5. The molecule has 0 radical (unpaired) electrons. The summed E-state index contributed by atoms with van der Waals surface area (Å²) in [6.07, 6.45) is 0.612. The number of aliphatic hydroxyl groups is 2. The Morgan fingerprint density at radius 1 is 1.16 bits per heavy atom. The minimum absolute atomic E-state index is 0.0408. The van der Waals surface area contributed by atoms with Crippen molar-refractivity contribution < 1.29 is 33.7 Å². The number of ether oxygens (including phenoxy) is 2. The Morgan fingerprint density at radius 2 is 1.97 bits per heavy atom. The van der Waals surface area contributed by atoms with Crippen molar-refractivity contribution in [2.24, 2.45) is 5.92 Å². The molecule has 0 spiro atoms. The van der Waals surface area contributed by atoms with E-state index in [0.29, 0.717) is 29.2 Å². The van der Waals surface area contributed by atoms with Gasteiger partial charge in [-0.2, -0.15) is 0 Å². The standard InChI is InChI=1S/C27H29Cl2FN2O6/c28-15-3-6-22-17(8-15)20(33)10-23(38-22)26(36)32-27-7-1-2-14(11-27)25(21(34)12-27)31-24(35)13-37-16-4-5-18(29)19(30)9-16/h3-6,8-9,14,20-21,23,25,33-34H,1-2,7,10-13H2,(H,31,35)(H,32,36)/t14?,20?,21-,23?,25?,27?/m0/s1. The molecule has 1 heterocycles. The van der Waals surface area contributed by atoms with E-state index in [1.165, 1.54) is 12.1 Å². The van der Waals surface area contributed by atoms with Crippen molar-refractivity contribution in [3.8, 4) is 11.5 Å². The average Bonchev–Trinajstić information content (AvgIpc) is 2.87. The third-order valence-corrected chi connectivity index (χ3v) is 8.25. The van der Waals surface area contributed by atoms with E-state index in [-0.39, 0.29) is 42.0 Å². The van der Waals surface area contributed by atoms with Gasteiger partial charge in [0.15, 0.2) is 12.7 Å². The lowest BCUT2D eigenvalue weighted by Crippen LogP contribution is -2.65. The van der Waals surface area contributed by atoms with Crippen molar-refractivity contribution in [2.75, 3.05) is 6.61 Å². The average molecular weight is 567 g/mol. The van der Waals surface area contributed by atoms with Crippen LogP contribution in [0.25, 0.3) is 0 Å². The maximum atomic E-state index is 13.6. The van der Waals surface area contributed by atoms with Crippen LogP contribution >= 0.6 is 23.2 Å². The fourth-order valence-corrected chi connectivity index (χ4v) is 6.28. The lowest BCUT2D eigenvalue weighted by atomic mass is 9.64. The van der Waals surface area contributed by atoms with Crippen molar-refractivity contribution in [1.29, 1.82) is 0 Å². The Morgan fingerprint density at radius 3 is 2.76 bits per heavy atom. The number of carbonyl (C=O) groups is 2. The summed E-state index contributed by atoms with van der Waals surface area (Å²) in [6.45, 7) is -0.340. The first kappa shape index (κ1) is 27.0. The molecule has 5 unspecified atom stereocenters. The van der Waals surface area contributed by atoms with Crippen LogP contribution < -0.4 is 20.1 Å². The number of hydrogen-bond acceptors (Lipinski definition) is 6. The Hall–Kier alpha value is -2.59. The van der Waals surface area contributed by atoms with E-state index >= 15 is 0 Å². The zero-order valence-electron chi connectivity index (χ0n) is 20.5. The van der Waals surface area contributed by atoms with Crippen LogP contribution in [-0.4, -0.2) is 52.4 Å². The highest BCUT2D eigenvalue weighted by Crippen LogP contribution is 2.44. The Balaban J connectivity index is 1.19. The van der Waals surface area contributed by atoms with E-state index < -0.39 is 41.6 Å². The topological polar surface area (TPSA) is 117 Å². The van der Waals surface area contributed by atoms with Gasteiger partial charge in [-0.3, -0.25) is 9.59 Å². The molecule has 2 amide bonds. The van der Waals surface area contributed by atoms with Crippen molar-refractivity contribution in [2.45, 2.75) is 68.4 Å². The molecule has 2 bridgehead atoms. The number of amides is 2. The number of benzene rings is 2. The smallest absolute Gasteiger partial charge is 0.261 e. The molecule has 204 valence electrons. The second kappa shape index (κ2) is 10.9. The van der Waals surface area contributed by atoms with Gasteiger partial charge in [0.2, 0.25) is 0 Å². The zero-order chi connectivity index (χ0) is 27.0. The minimum atomic E-state index is -0.882. The molecule has 1 aliphatic heterocycles. The van der Waals surface area contributed by atoms with Crippen LogP contribution in [-0.2, 0) is 9.59 Å². The lowest BCUT2D eigenvalue weighted by molar-refractivity contribution is -0.136. The maximum Gasteiger partial charge on any atom is 0.261 e. The van der Waals surface area contributed by atoms with Gasteiger partial charge in [0.05, 0.1) is 23.3 Å². The first-order valence-corrected chi connectivity index (χ1v) is 13.4. The first-order chi connectivity index (χ1) is 18.1. The first-order valence-electron chi connectivity index (χ1n) is 12.6. The molecule has 8 nitrogen and oxygen atoms in total. The number of carbonyl (C=O) groups excluding carboxylic acids is 2. The van der Waals surface area contributed by atoms with Crippen molar-refractivity contribution >= 4 is 35.0 Å². The number of rotatable bonds is 6. The monoisotopic (exact) mass is 566 g/mol. The normalized spacial score (nSPS) is 30.0. The molecule has 2 aliphatic carbocycles. The van der Waals surface area contributed by atoms with Crippen molar-refractivity contribution in [1.82, 2.24) is 10.6 Å². The van der Waals surface area contributed by atoms with Gasteiger partial charge in [-0.05, 0) is 61.9 Å². The van der Waals surface area contributed by atoms with E-state index in [1.807, 2.05) is 0 Å². The molecular formula is C27H29Cl2FN2O6. The molecule has 11 heteroatoms. The maximum absolute atomic E-state index is 13.6. The molecule has 5 rings (SSSR count). The highest BCUT2D eigenvalue weighted by molar-refractivity contribution is 6.31. The summed E-state index contributed by atoms with van der Waals surface area (Å²) < 4.78 is 24.9. The van der Waals surface area contributed by atoms with E-state index in [2.05, 4.69) is 10.6 Å². The quantitative estimate of drug-likeness (QED) is 0.423. The predicted molar refractivity (Wildman–Crippen MR) is 138 cm³/mol. The van der Waals surface area contributed by atoms with E-state index in [4.69, 9.17) is 32.7 Å². The summed E-state index contributed by atoms with van der Waals surface area (Å²) in [4.78, 5) is 25.8. The summed E-state index contributed by atoms with van der Waals surface area (Å²) in [5.74, 6) is -0.882. The van der Waals surface area contributed by atoms with Crippen LogP contribution in [0.3, 0.4) is 0 Å². The molecule has 38 heavy (non-hydrogen) atoms. The zero-order valence-corrected chi connectivity index (χ0v) is 22.0. The van der Waals surface area contributed by atoms with Crippen LogP contribution in [0, 0.1) is 11.7 Å². The van der Waals surface area contributed by atoms with Gasteiger partial charge >= 0.3 is 0 Å². The number of hydrogen-bond donors (Lipinski definition) is 4. The third kappa shape index (κ3) is 5.71. The van der Waals surface area contributed by atoms with Crippen molar-refractivity contribution in [3.05, 3.63) is 57.8 Å². The second-order valence-electron chi connectivity index (χ2n) is 10.4. The summed E-state index contributed by atoms with van der Waals surface area (Å²) in [6, 6.07) is 8.33. The molecule has 2 fully saturated rings. The molecular weight excluding hydrogens is 538 g/mol. The number of aliphatic hydroxyl groups excluding tert-OH is 2. The van der Waals surface area contributed by atoms with Gasteiger partial charge in [0.1, 0.15) is 17.3 Å². The Kier molecular flexibility index (Phi) is 7.73. The van der Waals surface area contributed by atoms with Crippen LogP contribution in [0.1, 0.15) is 50.2 Å². The van der Waals surface area contributed by atoms with Crippen molar-refractivity contribution in [3.63, 3.8) is 0 Å². The Labute approximate surface area is 229 Å². The van der Waals surface area contributed by atoms with Crippen LogP contribution in [0.15, 0.2) is 36.4 Å². The molecule has 6 atom stereocenters. The molecule has 0 saturated heterocycles. The predicted octanol–water partition coefficient (Wildman–Crippen LogP) is 3.69. The fourth-order valence-electron chi connectivity index (χ4n) is 5.98. The van der Waals surface area contributed by atoms with Gasteiger partial charge < -0.3 is 30.3 Å². The van der Waals surface area contributed by atoms with E-state index in [1.54, 1.807) is 18.2 Å². The SMILES string of the molecule is O=C(COc1ccc(Cl)c(F)c1)NC1C2CCCC(NC(=O)C3CC(O)c4cc(Cl)ccc4O3)(C2)C[C@@H]1O. The molecule has 2 saturated carbocycles. The van der Waals surface area contributed by atoms with Gasteiger partial charge in [-0.15, -0.1) is 0 Å².